The van der Waals surface area contributed by atoms with Gasteiger partial charge in [0.1, 0.15) is 37.7 Å². The molecule has 1 aromatic carbocycles. The van der Waals surface area contributed by atoms with E-state index in [1.54, 1.807) is 30.4 Å². The number of benzene rings is 1. The molecule has 11 heteroatoms. The van der Waals surface area contributed by atoms with Gasteiger partial charge in [-0.2, -0.15) is 13.2 Å². The Morgan fingerprint density at radius 3 is 1.08 bits per heavy atom. The van der Waals surface area contributed by atoms with Crippen LogP contribution < -0.4 is 4.90 Å². The summed E-state index contributed by atoms with van der Waals surface area (Å²) in [6, 6.07) is 8.00. The smallest absolute Gasteiger partial charge is 0.378 e. The Morgan fingerprint density at radius 2 is 0.721 bits per heavy atom. The van der Waals surface area contributed by atoms with Crippen LogP contribution in [-0.4, -0.2) is 58.0 Å². The molecule has 0 amide bonds. The van der Waals surface area contributed by atoms with Crippen molar-refractivity contribution in [1.82, 2.24) is 0 Å². The highest BCUT2D eigenvalue weighted by Crippen LogP contribution is 2.43. The number of carbonyl (C=O) groups excluding carboxylic acids is 6. The Kier molecular flexibility index (Phi) is 51.8. The van der Waals surface area contributed by atoms with E-state index in [1.807, 2.05) is 144 Å². The number of rotatable bonds is 29. The second-order valence-electron chi connectivity index (χ2n) is 34.6. The van der Waals surface area contributed by atoms with Crippen molar-refractivity contribution in [2.24, 2.45) is 27.1 Å². The topological polar surface area (TPSA) is 106 Å². The van der Waals surface area contributed by atoms with Crippen molar-refractivity contribution in [3.05, 3.63) is 378 Å². The number of carbonyl (C=O) groups is 6. The largest absolute Gasteiger partial charge is 0.416 e. The fourth-order valence-electron chi connectivity index (χ4n) is 13.5. The standard InChI is InChI=1S/C21H28O.C20H23F3O.2C20H26O.C19H25BrO.C11H13NO/c1-18(10-6-8-17-22)11-9-12-19(2)14-15-20-13-5-7-16-21(20,3)4;1-15(7-5-9-17(12-14-24)20(21,22)23)10-11-18-16(2)8-6-13-19(18,3)4;2*1-16(8-6-9-17(2)13-15-21)11-12-19-18(3)10-7-14-20(19,4)5;1-15(7-5-9-17(20)12-14-21)10-11-18-16(2)8-6-13-19(18,3)4;1-12(2)11-7-5-10(6-8-11)4-3-9-13/h6,8-15,17H,5,7,16H2,1-4H3;5-12,14H,13H2,1-4H3;2*6-13,15H,14H2,1-5H3;5,7,9-12,14H,6,8,13H2,1-4H3;3-9H,1-2H3/b8-6+,11-9+,15-14+,18-10+,19-12+;9-5+,11-10+,15-7+,17-12-;2*9-6+,12-11+,16-8+,17-13+;9-5+,11-10+,15-7+,17-12-;4-3+. The lowest BCUT2D eigenvalue weighted by Gasteiger charge is -2.32. The van der Waals surface area contributed by atoms with Gasteiger partial charge in [0.2, 0.25) is 0 Å². The van der Waals surface area contributed by atoms with E-state index in [0.29, 0.717) is 11.5 Å². The highest BCUT2D eigenvalue weighted by atomic mass is 79.9. The molecular formula is C111H141BrF3NO6. The number of alkyl halides is 3. The summed E-state index contributed by atoms with van der Waals surface area (Å²) in [7, 11) is 3.99. The molecule has 5 aliphatic carbocycles. The van der Waals surface area contributed by atoms with E-state index in [0.717, 1.165) is 94.8 Å². The summed E-state index contributed by atoms with van der Waals surface area (Å²) in [6.45, 7) is 47.4. The van der Waals surface area contributed by atoms with Crippen molar-refractivity contribution < 1.29 is 41.9 Å². The minimum atomic E-state index is -4.53. The Bertz CT molecular complexity index is 4570. The molecule has 0 bridgehead atoms. The van der Waals surface area contributed by atoms with E-state index in [1.165, 1.54) is 135 Å². The van der Waals surface area contributed by atoms with Crippen LogP contribution in [-0.2, 0) is 28.8 Å². The molecule has 654 valence electrons. The molecule has 0 aliphatic heterocycles. The molecular weight excluding hydrogens is 1580 g/mol. The molecule has 1 aromatic rings. The van der Waals surface area contributed by atoms with Gasteiger partial charge in [0, 0.05) is 24.3 Å². The fourth-order valence-corrected chi connectivity index (χ4v) is 13.8. The predicted octanol–water partition coefficient (Wildman–Crippen LogP) is 30.9. The van der Waals surface area contributed by atoms with Gasteiger partial charge in [-0.1, -0.05) is 337 Å². The second-order valence-corrected chi connectivity index (χ2v) is 35.5. The third-order valence-electron chi connectivity index (χ3n) is 20.9. The molecule has 6 rings (SSSR count). The lowest BCUT2D eigenvalue weighted by Crippen LogP contribution is -2.19. The van der Waals surface area contributed by atoms with Crippen LogP contribution in [0.3, 0.4) is 0 Å². The Labute approximate surface area is 742 Å². The maximum absolute atomic E-state index is 12.6. The first-order chi connectivity index (χ1) is 57.4. The normalized spacial score (nSPS) is 19.0. The highest BCUT2D eigenvalue weighted by molar-refractivity contribution is 9.11. The van der Waals surface area contributed by atoms with E-state index in [4.69, 9.17) is 0 Å². The van der Waals surface area contributed by atoms with Crippen molar-refractivity contribution in [3.8, 4) is 0 Å². The summed E-state index contributed by atoms with van der Waals surface area (Å²) in [5.74, 6) is 0. The number of hydrogen-bond acceptors (Lipinski definition) is 7. The maximum Gasteiger partial charge on any atom is 0.416 e. The molecule has 0 unspecified atom stereocenters. The molecule has 0 fully saturated rings. The number of allylic oxidation sites excluding steroid dienone is 59. The van der Waals surface area contributed by atoms with Gasteiger partial charge in [0.15, 0.2) is 0 Å². The first-order valence-corrected chi connectivity index (χ1v) is 42.8. The summed E-state index contributed by atoms with van der Waals surface area (Å²) in [4.78, 5) is 63.5. The van der Waals surface area contributed by atoms with Gasteiger partial charge < -0.3 is 4.90 Å². The average molecular weight is 1720 g/mol. The zero-order valence-corrected chi connectivity index (χ0v) is 79.3. The highest BCUT2D eigenvalue weighted by Gasteiger charge is 2.32. The van der Waals surface area contributed by atoms with Gasteiger partial charge in [-0.15, -0.1) is 0 Å². The van der Waals surface area contributed by atoms with E-state index in [2.05, 4.69) is 250 Å². The van der Waals surface area contributed by atoms with Crippen LogP contribution in [0.2, 0.25) is 0 Å². The number of aldehydes is 6. The van der Waals surface area contributed by atoms with Gasteiger partial charge in [-0.25, -0.2) is 0 Å². The molecule has 0 N–H and O–H groups in total. The lowest BCUT2D eigenvalue weighted by atomic mass is 9.72. The van der Waals surface area contributed by atoms with Crippen molar-refractivity contribution in [3.63, 3.8) is 0 Å². The van der Waals surface area contributed by atoms with Crippen molar-refractivity contribution in [2.45, 2.75) is 216 Å². The number of halogens is 4. The molecule has 7 nitrogen and oxygen atoms in total. The Balaban J connectivity index is 0.000000737. The molecule has 5 aliphatic rings. The van der Waals surface area contributed by atoms with Crippen molar-refractivity contribution >= 4 is 65.4 Å². The summed E-state index contributed by atoms with van der Waals surface area (Å²) in [5, 5.41) is 0. The number of nitrogens with zero attached hydrogens (tertiary/aromatic N) is 1. The Hall–Kier alpha value is -10.5. The molecule has 0 atom stereocenters. The van der Waals surface area contributed by atoms with Crippen LogP contribution in [0.4, 0.5) is 18.9 Å². The predicted molar refractivity (Wildman–Crippen MR) is 525 cm³/mol. The van der Waals surface area contributed by atoms with E-state index in [-0.39, 0.29) is 27.9 Å². The van der Waals surface area contributed by atoms with Crippen LogP contribution in [0.25, 0.3) is 6.08 Å². The molecule has 0 spiro atoms. The zero-order chi connectivity index (χ0) is 92.1. The lowest BCUT2D eigenvalue weighted by molar-refractivity contribution is -0.106. The number of anilines is 1. The van der Waals surface area contributed by atoms with E-state index >= 15 is 0 Å². The minimum absolute atomic E-state index is 0.0433. The van der Waals surface area contributed by atoms with Crippen molar-refractivity contribution in [2.75, 3.05) is 19.0 Å². The van der Waals surface area contributed by atoms with E-state index in [9.17, 15) is 41.9 Å². The second kappa shape index (κ2) is 57.7. The van der Waals surface area contributed by atoms with E-state index < -0.39 is 11.7 Å². The quantitative estimate of drug-likeness (QED) is 0.0447. The molecule has 122 heavy (non-hydrogen) atoms. The van der Waals surface area contributed by atoms with Gasteiger partial charge in [0.25, 0.3) is 0 Å². The third-order valence-corrected chi connectivity index (χ3v) is 21.4. The fraction of sp³-hybridized carbons (Fsp3) is 0.351. The molecule has 0 heterocycles. The monoisotopic (exact) mass is 1720 g/mol. The molecule has 0 radical (unpaired) electrons. The number of hydrogen-bond donors (Lipinski definition) is 0. The maximum atomic E-state index is 12.6. The van der Waals surface area contributed by atoms with Crippen LogP contribution >= 0.6 is 15.9 Å². The first kappa shape index (κ1) is 110. The SMILES string of the molecule is CC(/C=C/C=C(C)/C=C/C1=CCCCC1(C)C)=C\C=C\C=O.CC1=C(/C=C/C(C)=C/C=C/C(=C/C=O)C(F)(F)F)C(C)(C)CC=C1.CC1=C(/C=C/C(C)=C/C=C/C(Br)=C/C=O)C(C)(C)CCC1.CC1=C(/C=C/C(C)=C/C=C/C(C)=C/C=O)C(C)(C)CC=C1.CC1=C(/C=C/C(C)=C/C=C/C(C)=C/C=O)C(C)(C)CC=C1.CN(C)c1ccc(/C=C/C=O)cc1. The minimum Gasteiger partial charge on any atom is -0.378 e. The van der Waals surface area contributed by atoms with Gasteiger partial charge in [-0.3, -0.25) is 28.8 Å². The van der Waals surface area contributed by atoms with Crippen LogP contribution in [0.1, 0.15) is 216 Å². The van der Waals surface area contributed by atoms with Crippen LogP contribution in [0.5, 0.6) is 0 Å². The Morgan fingerprint density at radius 1 is 0.369 bits per heavy atom. The van der Waals surface area contributed by atoms with Crippen molar-refractivity contribution in [1.29, 1.82) is 0 Å². The summed E-state index contributed by atoms with van der Waals surface area (Å²) in [5.41, 5.74) is 23.3. The third kappa shape index (κ3) is 46.0. The zero-order valence-electron chi connectivity index (χ0n) is 77.7. The molecule has 0 saturated heterocycles. The molecule has 0 saturated carbocycles. The van der Waals surface area contributed by atoms with Gasteiger partial charge >= 0.3 is 6.18 Å². The van der Waals surface area contributed by atoms with Crippen LogP contribution in [0, 0.1) is 27.1 Å². The molecule has 0 aromatic heterocycles. The van der Waals surface area contributed by atoms with Gasteiger partial charge in [0.05, 0.1) is 5.57 Å². The summed E-state index contributed by atoms with van der Waals surface area (Å²) in [6.07, 6.45) is 88.6. The average Bonchev–Trinajstić information content (AvgIpc) is 0.829. The summed E-state index contributed by atoms with van der Waals surface area (Å²) < 4.78 is 38.7. The van der Waals surface area contributed by atoms with Crippen LogP contribution in [0.15, 0.2) is 372 Å². The first-order valence-electron chi connectivity index (χ1n) is 42.0. The summed E-state index contributed by atoms with van der Waals surface area (Å²) >= 11 is 3.30. The van der Waals surface area contributed by atoms with Gasteiger partial charge in [-0.05, 0) is 290 Å².